The molecule has 0 spiro atoms. The molecule has 5 heteroatoms. The van der Waals surface area contributed by atoms with Gasteiger partial charge in [-0.3, -0.25) is 0 Å². The van der Waals surface area contributed by atoms with E-state index in [2.05, 4.69) is 5.32 Å². The summed E-state index contributed by atoms with van der Waals surface area (Å²) >= 11 is 0. The predicted molar refractivity (Wildman–Crippen MR) is 65.9 cm³/mol. The number of hydrogen-bond donors (Lipinski definition) is 2. The molecule has 1 atom stereocenters. The Balaban J connectivity index is 2.32. The molecule has 2 amide bonds. The molecule has 2 N–H and O–H groups in total. The van der Waals surface area contributed by atoms with Gasteiger partial charge in [-0.2, -0.15) is 0 Å². The van der Waals surface area contributed by atoms with E-state index in [9.17, 15) is 9.90 Å². The molecule has 0 radical (unpaired) electrons. The first-order chi connectivity index (χ1) is 7.92. The summed E-state index contributed by atoms with van der Waals surface area (Å²) in [6.07, 6.45) is 2.24. The SMILES string of the molecule is CCN(CC(C)(C)O)C(=O)NC[C@H]1CCCO1. The fourth-order valence-corrected chi connectivity index (χ4v) is 1.91. The van der Waals surface area contributed by atoms with Crippen molar-refractivity contribution >= 4 is 6.03 Å². The van der Waals surface area contributed by atoms with E-state index < -0.39 is 5.60 Å². The third-order valence-corrected chi connectivity index (χ3v) is 2.75. The molecule has 5 nitrogen and oxygen atoms in total. The molecule has 0 aromatic heterocycles. The smallest absolute Gasteiger partial charge is 0.317 e. The molecular weight excluding hydrogens is 220 g/mol. The molecule has 100 valence electrons. The molecule has 0 bridgehead atoms. The van der Waals surface area contributed by atoms with Gasteiger partial charge in [0.25, 0.3) is 0 Å². The van der Waals surface area contributed by atoms with Crippen LogP contribution >= 0.6 is 0 Å². The Morgan fingerprint density at radius 1 is 1.59 bits per heavy atom. The van der Waals surface area contributed by atoms with Crippen molar-refractivity contribution in [2.45, 2.75) is 45.3 Å². The van der Waals surface area contributed by atoms with Crippen LogP contribution in [-0.4, -0.2) is 54.0 Å². The fourth-order valence-electron chi connectivity index (χ4n) is 1.91. The summed E-state index contributed by atoms with van der Waals surface area (Å²) in [4.78, 5) is 13.5. The Kier molecular flexibility index (Phi) is 5.21. The normalized spacial score (nSPS) is 20.4. The van der Waals surface area contributed by atoms with Gasteiger partial charge in [0, 0.05) is 19.7 Å². The number of likely N-dealkylation sites (N-methyl/N-ethyl adjacent to an activating group) is 1. The van der Waals surface area contributed by atoms with Crippen LogP contribution in [0.25, 0.3) is 0 Å². The van der Waals surface area contributed by atoms with Gasteiger partial charge in [-0.05, 0) is 33.6 Å². The maximum Gasteiger partial charge on any atom is 0.317 e. The first-order valence-electron chi connectivity index (χ1n) is 6.29. The van der Waals surface area contributed by atoms with E-state index in [1.165, 1.54) is 0 Å². The molecule has 0 aliphatic carbocycles. The Morgan fingerprint density at radius 3 is 2.76 bits per heavy atom. The van der Waals surface area contributed by atoms with Crippen LogP contribution in [0.4, 0.5) is 4.79 Å². The van der Waals surface area contributed by atoms with Gasteiger partial charge in [0.05, 0.1) is 18.2 Å². The lowest BCUT2D eigenvalue weighted by molar-refractivity contribution is 0.0469. The zero-order valence-corrected chi connectivity index (χ0v) is 11.0. The quantitative estimate of drug-likeness (QED) is 0.757. The van der Waals surface area contributed by atoms with E-state index in [-0.39, 0.29) is 12.1 Å². The van der Waals surface area contributed by atoms with Crippen molar-refractivity contribution in [1.29, 1.82) is 0 Å². The lowest BCUT2D eigenvalue weighted by Gasteiger charge is -2.28. The number of amides is 2. The minimum absolute atomic E-state index is 0.134. The Labute approximate surface area is 103 Å². The van der Waals surface area contributed by atoms with Crippen molar-refractivity contribution in [2.24, 2.45) is 0 Å². The Bertz CT molecular complexity index is 245. The van der Waals surface area contributed by atoms with Gasteiger partial charge in [0.15, 0.2) is 0 Å². The summed E-state index contributed by atoms with van der Waals surface area (Å²) in [6, 6.07) is -0.134. The Morgan fingerprint density at radius 2 is 2.29 bits per heavy atom. The number of rotatable bonds is 5. The lowest BCUT2D eigenvalue weighted by atomic mass is 10.1. The molecule has 1 rings (SSSR count). The summed E-state index contributed by atoms with van der Waals surface area (Å²) in [5, 5.41) is 12.6. The number of carbonyl (C=O) groups excluding carboxylic acids is 1. The van der Waals surface area contributed by atoms with Crippen LogP contribution in [0.1, 0.15) is 33.6 Å². The van der Waals surface area contributed by atoms with Crippen molar-refractivity contribution in [3.63, 3.8) is 0 Å². The van der Waals surface area contributed by atoms with E-state index >= 15 is 0 Å². The van der Waals surface area contributed by atoms with Gasteiger partial charge in [-0.15, -0.1) is 0 Å². The van der Waals surface area contributed by atoms with Crippen molar-refractivity contribution in [3.05, 3.63) is 0 Å². The summed E-state index contributed by atoms with van der Waals surface area (Å²) in [5.41, 5.74) is -0.864. The van der Waals surface area contributed by atoms with Crippen LogP contribution in [0.3, 0.4) is 0 Å². The molecule has 1 fully saturated rings. The number of aliphatic hydroxyl groups is 1. The number of ether oxygens (including phenoxy) is 1. The summed E-state index contributed by atoms with van der Waals surface area (Å²) in [6.45, 7) is 7.56. The number of urea groups is 1. The number of nitrogens with zero attached hydrogens (tertiary/aromatic N) is 1. The second kappa shape index (κ2) is 6.21. The van der Waals surface area contributed by atoms with Crippen molar-refractivity contribution in [1.82, 2.24) is 10.2 Å². The zero-order valence-electron chi connectivity index (χ0n) is 11.0. The summed E-state index contributed by atoms with van der Waals surface area (Å²) in [7, 11) is 0. The third-order valence-electron chi connectivity index (χ3n) is 2.75. The predicted octanol–water partition coefficient (Wildman–Crippen LogP) is 0.968. The number of nitrogens with one attached hydrogen (secondary N) is 1. The van der Waals surface area contributed by atoms with Crippen LogP contribution < -0.4 is 5.32 Å². The van der Waals surface area contributed by atoms with Crippen LogP contribution in [0.15, 0.2) is 0 Å². The molecule has 1 saturated heterocycles. The third kappa shape index (κ3) is 5.37. The largest absolute Gasteiger partial charge is 0.389 e. The standard InChI is InChI=1S/C12H24N2O3/c1-4-14(9-12(2,3)16)11(15)13-8-10-6-5-7-17-10/h10,16H,4-9H2,1-3H3,(H,13,15)/t10-/m1/s1. The molecule has 0 aromatic rings. The monoisotopic (exact) mass is 244 g/mol. The fraction of sp³-hybridized carbons (Fsp3) is 0.917. The van der Waals surface area contributed by atoms with Crippen molar-refractivity contribution in [3.8, 4) is 0 Å². The summed E-state index contributed by atoms with van der Waals surface area (Å²) in [5.74, 6) is 0. The maximum atomic E-state index is 11.9. The van der Waals surface area contributed by atoms with Gasteiger partial charge in [-0.25, -0.2) is 4.79 Å². The number of hydrogen-bond acceptors (Lipinski definition) is 3. The van der Waals surface area contributed by atoms with Gasteiger partial charge in [0.2, 0.25) is 0 Å². The van der Waals surface area contributed by atoms with E-state index in [4.69, 9.17) is 4.74 Å². The molecule has 0 unspecified atom stereocenters. The highest BCUT2D eigenvalue weighted by Gasteiger charge is 2.22. The number of carbonyl (C=O) groups is 1. The van der Waals surface area contributed by atoms with Crippen LogP contribution in [0, 0.1) is 0 Å². The molecule has 1 heterocycles. The molecule has 1 aliphatic rings. The second-order valence-electron chi connectivity index (χ2n) is 5.15. The minimum Gasteiger partial charge on any atom is -0.389 e. The van der Waals surface area contributed by atoms with E-state index in [0.717, 1.165) is 19.4 Å². The van der Waals surface area contributed by atoms with Crippen LogP contribution in [-0.2, 0) is 4.74 Å². The Hall–Kier alpha value is -0.810. The van der Waals surface area contributed by atoms with Gasteiger partial charge < -0.3 is 20.1 Å². The molecule has 0 saturated carbocycles. The van der Waals surface area contributed by atoms with E-state index in [0.29, 0.717) is 19.6 Å². The average Bonchev–Trinajstić information content (AvgIpc) is 2.74. The molecule has 17 heavy (non-hydrogen) atoms. The highest BCUT2D eigenvalue weighted by Crippen LogP contribution is 2.11. The van der Waals surface area contributed by atoms with Crippen molar-refractivity contribution < 1.29 is 14.6 Å². The highest BCUT2D eigenvalue weighted by molar-refractivity contribution is 5.74. The minimum atomic E-state index is -0.864. The summed E-state index contributed by atoms with van der Waals surface area (Å²) < 4.78 is 5.44. The van der Waals surface area contributed by atoms with Crippen molar-refractivity contribution in [2.75, 3.05) is 26.2 Å². The average molecular weight is 244 g/mol. The highest BCUT2D eigenvalue weighted by atomic mass is 16.5. The van der Waals surface area contributed by atoms with Crippen LogP contribution in [0.5, 0.6) is 0 Å². The van der Waals surface area contributed by atoms with Gasteiger partial charge in [0.1, 0.15) is 0 Å². The lowest BCUT2D eigenvalue weighted by Crippen LogP contribution is -2.48. The van der Waals surface area contributed by atoms with Gasteiger partial charge >= 0.3 is 6.03 Å². The molecular formula is C12H24N2O3. The van der Waals surface area contributed by atoms with Crippen LogP contribution in [0.2, 0.25) is 0 Å². The maximum absolute atomic E-state index is 11.9. The van der Waals surface area contributed by atoms with Gasteiger partial charge in [-0.1, -0.05) is 0 Å². The zero-order chi connectivity index (χ0) is 12.9. The topological polar surface area (TPSA) is 61.8 Å². The van der Waals surface area contributed by atoms with E-state index in [1.54, 1.807) is 18.7 Å². The molecule has 0 aromatic carbocycles. The molecule has 1 aliphatic heterocycles. The first-order valence-corrected chi connectivity index (χ1v) is 6.29. The van der Waals surface area contributed by atoms with E-state index in [1.807, 2.05) is 6.92 Å². The second-order valence-corrected chi connectivity index (χ2v) is 5.15. The first kappa shape index (κ1) is 14.3.